The second-order valence-electron chi connectivity index (χ2n) is 4.86. The van der Waals surface area contributed by atoms with Gasteiger partial charge in [-0.15, -0.1) is 4.91 Å². The van der Waals surface area contributed by atoms with Crippen LogP contribution in [0.5, 0.6) is 0 Å². The summed E-state index contributed by atoms with van der Waals surface area (Å²) in [5.41, 5.74) is 2.08. The fourth-order valence-electron chi connectivity index (χ4n) is 2.37. The van der Waals surface area contributed by atoms with Gasteiger partial charge in [-0.3, -0.25) is 9.69 Å². The lowest BCUT2D eigenvalue weighted by Crippen LogP contribution is -2.30. The molecular formula is C16H14N4O2. The number of carbonyl (C=O) groups is 1. The minimum absolute atomic E-state index is 0.00577. The van der Waals surface area contributed by atoms with E-state index >= 15 is 0 Å². The number of fused-ring (bicyclic) bond motifs is 1. The summed E-state index contributed by atoms with van der Waals surface area (Å²) in [4.78, 5) is 29.5. The van der Waals surface area contributed by atoms with E-state index in [1.165, 1.54) is 7.05 Å². The molecule has 0 bridgehead atoms. The third-order valence-electron chi connectivity index (χ3n) is 3.44. The molecule has 1 aliphatic heterocycles. The summed E-state index contributed by atoms with van der Waals surface area (Å²) < 4.78 is 0. The minimum atomic E-state index is -0.162. The maximum Gasteiger partial charge on any atom is 0.239 e. The number of hydrogen-bond donors (Lipinski definition) is 0. The molecule has 1 aliphatic rings. The predicted molar refractivity (Wildman–Crippen MR) is 85.3 cm³/mol. The van der Waals surface area contributed by atoms with Crippen LogP contribution in [0.3, 0.4) is 0 Å². The lowest BCUT2D eigenvalue weighted by molar-refractivity contribution is -0.116. The molecule has 0 spiro atoms. The zero-order valence-electron chi connectivity index (χ0n) is 12.0. The van der Waals surface area contributed by atoms with Crippen molar-refractivity contribution in [2.24, 2.45) is 10.3 Å². The van der Waals surface area contributed by atoms with E-state index in [9.17, 15) is 9.70 Å². The molecule has 0 radical (unpaired) electrons. The van der Waals surface area contributed by atoms with Gasteiger partial charge in [0, 0.05) is 12.7 Å². The summed E-state index contributed by atoms with van der Waals surface area (Å²) >= 11 is 0. The smallest absolute Gasteiger partial charge is 0.239 e. The molecule has 2 aromatic carbocycles. The van der Waals surface area contributed by atoms with Crippen molar-refractivity contribution in [2.45, 2.75) is 6.42 Å². The van der Waals surface area contributed by atoms with Crippen molar-refractivity contribution in [3.63, 3.8) is 0 Å². The number of nitrogens with zero attached hydrogens (tertiary/aromatic N) is 4. The van der Waals surface area contributed by atoms with Crippen molar-refractivity contribution in [3.8, 4) is 0 Å². The second kappa shape index (κ2) is 5.77. The van der Waals surface area contributed by atoms with Crippen LogP contribution >= 0.6 is 0 Å². The molecule has 0 saturated carbocycles. The number of amidine groups is 1. The normalized spacial score (nSPS) is 14.0. The van der Waals surface area contributed by atoms with Crippen LogP contribution in [-0.2, 0) is 4.79 Å². The van der Waals surface area contributed by atoms with E-state index in [0.717, 1.165) is 10.7 Å². The van der Waals surface area contributed by atoms with E-state index in [2.05, 4.69) is 10.3 Å². The Hall–Kier alpha value is -3.02. The van der Waals surface area contributed by atoms with Crippen molar-refractivity contribution in [1.29, 1.82) is 0 Å². The standard InChI is InChI=1S/C16H14N4O2/c1-19(18-22)15-11-16(21)20(12-7-3-2-4-8-12)14-10-6-5-9-13(14)17-15/h2-10H,11H2,1H3. The molecule has 1 amide bonds. The number of anilines is 2. The highest BCUT2D eigenvalue weighted by Crippen LogP contribution is 2.36. The monoisotopic (exact) mass is 294 g/mol. The zero-order valence-corrected chi connectivity index (χ0v) is 12.0. The third-order valence-corrected chi connectivity index (χ3v) is 3.44. The highest BCUT2D eigenvalue weighted by molar-refractivity contribution is 6.14. The second-order valence-corrected chi connectivity index (χ2v) is 4.86. The van der Waals surface area contributed by atoms with Gasteiger partial charge in [0.15, 0.2) is 0 Å². The van der Waals surface area contributed by atoms with Gasteiger partial charge in [0.1, 0.15) is 5.84 Å². The molecular weight excluding hydrogens is 280 g/mol. The number of amides is 1. The van der Waals surface area contributed by atoms with Gasteiger partial charge >= 0.3 is 0 Å². The predicted octanol–water partition coefficient (Wildman–Crippen LogP) is 3.40. The summed E-state index contributed by atoms with van der Waals surface area (Å²) in [7, 11) is 1.49. The maximum absolute atomic E-state index is 12.7. The van der Waals surface area contributed by atoms with Gasteiger partial charge in [-0.2, -0.15) is 0 Å². The molecule has 0 saturated heterocycles. The lowest BCUT2D eigenvalue weighted by Gasteiger charge is -2.22. The number of hydrogen-bond acceptors (Lipinski definition) is 4. The Morgan fingerprint density at radius 2 is 1.77 bits per heavy atom. The highest BCUT2D eigenvalue weighted by Gasteiger charge is 2.27. The molecule has 110 valence electrons. The molecule has 2 aromatic rings. The fourth-order valence-corrected chi connectivity index (χ4v) is 2.37. The Balaban J connectivity index is 2.14. The average Bonchev–Trinajstić information content (AvgIpc) is 2.70. The molecule has 0 aliphatic carbocycles. The topological polar surface area (TPSA) is 65.3 Å². The van der Waals surface area contributed by atoms with Gasteiger partial charge < -0.3 is 0 Å². The number of carbonyl (C=O) groups excluding carboxylic acids is 1. The quantitative estimate of drug-likeness (QED) is 0.630. The molecule has 0 aromatic heterocycles. The van der Waals surface area contributed by atoms with E-state index < -0.39 is 0 Å². The van der Waals surface area contributed by atoms with E-state index in [1.807, 2.05) is 54.6 Å². The molecule has 1 heterocycles. The SMILES string of the molecule is CN(N=O)C1=Nc2ccccc2N(c2ccccc2)C(=O)C1. The van der Waals surface area contributed by atoms with Gasteiger partial charge in [0.25, 0.3) is 0 Å². The lowest BCUT2D eigenvalue weighted by atomic mass is 10.2. The summed E-state index contributed by atoms with van der Waals surface area (Å²) in [5, 5.41) is 3.93. The summed E-state index contributed by atoms with van der Waals surface area (Å²) in [5.74, 6) is 0.163. The molecule has 0 fully saturated rings. The highest BCUT2D eigenvalue weighted by atomic mass is 16.3. The molecule has 0 N–H and O–H groups in total. The number of nitroso groups, excluding NO2 is 1. The Labute approximate surface area is 127 Å². The average molecular weight is 294 g/mol. The van der Waals surface area contributed by atoms with Crippen molar-refractivity contribution in [2.75, 3.05) is 11.9 Å². The number of aliphatic imine (C=N–C) groups is 1. The zero-order chi connectivity index (χ0) is 15.5. The maximum atomic E-state index is 12.7. The Morgan fingerprint density at radius 3 is 2.50 bits per heavy atom. The minimum Gasteiger partial charge on any atom is -0.278 e. The van der Waals surface area contributed by atoms with Crippen LogP contribution in [-0.4, -0.2) is 23.8 Å². The first-order chi connectivity index (χ1) is 10.7. The van der Waals surface area contributed by atoms with Crippen LogP contribution in [0.15, 0.2) is 64.9 Å². The first kappa shape index (κ1) is 13.9. The van der Waals surface area contributed by atoms with Gasteiger partial charge in [-0.25, -0.2) is 10.0 Å². The van der Waals surface area contributed by atoms with Crippen molar-refractivity contribution in [1.82, 2.24) is 5.01 Å². The van der Waals surface area contributed by atoms with Crippen molar-refractivity contribution < 1.29 is 4.79 Å². The van der Waals surface area contributed by atoms with E-state index in [0.29, 0.717) is 17.2 Å². The molecule has 6 nitrogen and oxygen atoms in total. The van der Waals surface area contributed by atoms with E-state index in [-0.39, 0.29) is 12.3 Å². The summed E-state index contributed by atoms with van der Waals surface area (Å²) in [6, 6.07) is 16.7. The van der Waals surface area contributed by atoms with Gasteiger partial charge in [0.05, 0.1) is 23.1 Å². The number of para-hydroxylation sites is 3. The fraction of sp³-hybridized carbons (Fsp3) is 0.125. The summed E-state index contributed by atoms with van der Waals surface area (Å²) in [6.45, 7) is 0. The summed E-state index contributed by atoms with van der Waals surface area (Å²) in [6.07, 6.45) is 0.00577. The van der Waals surface area contributed by atoms with Crippen molar-refractivity contribution in [3.05, 3.63) is 59.5 Å². The Kier molecular flexibility index (Phi) is 3.65. The third kappa shape index (κ3) is 2.46. The molecule has 6 heteroatoms. The Morgan fingerprint density at radius 1 is 1.09 bits per heavy atom. The molecule has 0 atom stereocenters. The van der Waals surface area contributed by atoms with Gasteiger partial charge in [0.2, 0.25) is 5.91 Å². The first-order valence-electron chi connectivity index (χ1n) is 6.82. The number of benzene rings is 2. The van der Waals surface area contributed by atoms with Crippen LogP contribution in [0.4, 0.5) is 17.1 Å². The van der Waals surface area contributed by atoms with Crippen LogP contribution in [0.25, 0.3) is 0 Å². The molecule has 22 heavy (non-hydrogen) atoms. The van der Waals surface area contributed by atoms with E-state index in [1.54, 1.807) is 4.90 Å². The van der Waals surface area contributed by atoms with Crippen molar-refractivity contribution >= 4 is 28.8 Å². The Bertz CT molecular complexity index is 743. The first-order valence-corrected chi connectivity index (χ1v) is 6.82. The van der Waals surface area contributed by atoms with Crippen LogP contribution in [0, 0.1) is 4.91 Å². The van der Waals surface area contributed by atoms with Gasteiger partial charge in [-0.05, 0) is 24.3 Å². The van der Waals surface area contributed by atoms with E-state index in [4.69, 9.17) is 0 Å². The number of rotatable bonds is 2. The van der Waals surface area contributed by atoms with Crippen LogP contribution in [0.1, 0.15) is 6.42 Å². The van der Waals surface area contributed by atoms with Crippen LogP contribution in [0.2, 0.25) is 0 Å². The molecule has 0 unspecified atom stereocenters. The largest absolute Gasteiger partial charge is 0.278 e. The van der Waals surface area contributed by atoms with Crippen LogP contribution < -0.4 is 4.90 Å². The molecule has 3 rings (SSSR count). The van der Waals surface area contributed by atoms with Gasteiger partial charge in [-0.1, -0.05) is 30.3 Å².